The van der Waals surface area contributed by atoms with Gasteiger partial charge in [0.1, 0.15) is 0 Å². The van der Waals surface area contributed by atoms with Crippen LogP contribution < -0.4 is 5.32 Å². The Balaban J connectivity index is 1.83. The predicted octanol–water partition coefficient (Wildman–Crippen LogP) is 2.55. The first kappa shape index (κ1) is 16.0. The molecule has 114 valence electrons. The number of thiophene rings is 1. The van der Waals surface area contributed by atoms with E-state index < -0.39 is 0 Å². The van der Waals surface area contributed by atoms with E-state index in [1.165, 1.54) is 47.8 Å². The molecule has 1 aliphatic rings. The molecule has 1 aliphatic heterocycles. The van der Waals surface area contributed by atoms with E-state index in [0.29, 0.717) is 0 Å². The third-order valence-corrected chi connectivity index (χ3v) is 5.24. The van der Waals surface area contributed by atoms with Crippen LogP contribution in [0.25, 0.3) is 0 Å². The molecule has 1 aromatic rings. The molecule has 1 aromatic heterocycles. The van der Waals surface area contributed by atoms with Gasteiger partial charge in [-0.3, -0.25) is 4.90 Å². The van der Waals surface area contributed by atoms with Crippen molar-refractivity contribution < 1.29 is 0 Å². The molecule has 1 N–H and O–H groups in total. The summed E-state index contributed by atoms with van der Waals surface area (Å²) in [4.78, 5) is 7.91. The lowest BCUT2D eigenvalue weighted by molar-refractivity contribution is 0.157. The Hall–Kier alpha value is -0.420. The summed E-state index contributed by atoms with van der Waals surface area (Å²) in [5.41, 5.74) is 1.53. The highest BCUT2D eigenvalue weighted by atomic mass is 32.1. The Bertz CT molecular complexity index is 406. The van der Waals surface area contributed by atoms with E-state index >= 15 is 0 Å². The second-order valence-corrected chi connectivity index (χ2v) is 7.65. The molecule has 0 bridgehead atoms. The second-order valence-electron chi connectivity index (χ2n) is 6.31. The topological polar surface area (TPSA) is 18.5 Å². The van der Waals surface area contributed by atoms with Crippen molar-refractivity contribution in [3.63, 3.8) is 0 Å². The summed E-state index contributed by atoms with van der Waals surface area (Å²) < 4.78 is 0. The number of aryl methyl sites for hydroxylation is 1. The van der Waals surface area contributed by atoms with E-state index in [1.807, 2.05) is 18.4 Å². The van der Waals surface area contributed by atoms with Crippen LogP contribution in [0.1, 0.15) is 28.2 Å². The SMILES string of the molecule is CNCc1cc(CN2CCC(CN(C)C)CC2)c(C)s1. The Morgan fingerprint density at radius 3 is 2.65 bits per heavy atom. The monoisotopic (exact) mass is 295 g/mol. The third kappa shape index (κ3) is 4.55. The fourth-order valence-corrected chi connectivity index (χ4v) is 4.16. The van der Waals surface area contributed by atoms with Crippen LogP contribution in [0.15, 0.2) is 6.07 Å². The van der Waals surface area contributed by atoms with Gasteiger partial charge in [-0.05, 0) is 71.5 Å². The Labute approximate surface area is 128 Å². The highest BCUT2D eigenvalue weighted by Gasteiger charge is 2.20. The number of nitrogens with zero attached hydrogens (tertiary/aromatic N) is 2. The van der Waals surface area contributed by atoms with Crippen LogP contribution >= 0.6 is 11.3 Å². The Kier molecular flexibility index (Phi) is 6.02. The van der Waals surface area contributed by atoms with Gasteiger partial charge < -0.3 is 10.2 Å². The number of likely N-dealkylation sites (tertiary alicyclic amines) is 1. The minimum absolute atomic E-state index is 0.893. The van der Waals surface area contributed by atoms with E-state index in [0.717, 1.165) is 19.0 Å². The molecule has 0 aliphatic carbocycles. The summed E-state index contributed by atoms with van der Waals surface area (Å²) in [6, 6.07) is 2.39. The van der Waals surface area contributed by atoms with Gasteiger partial charge in [0.05, 0.1) is 0 Å². The number of rotatable bonds is 6. The summed E-state index contributed by atoms with van der Waals surface area (Å²) in [5.74, 6) is 0.893. The maximum absolute atomic E-state index is 3.24. The zero-order valence-electron chi connectivity index (χ0n) is 13.4. The van der Waals surface area contributed by atoms with Crippen molar-refractivity contribution >= 4 is 11.3 Å². The molecule has 2 rings (SSSR count). The molecule has 4 heteroatoms. The standard InChI is InChI=1S/C16H29N3S/c1-13-15(9-16(20-13)10-17-2)12-19-7-5-14(6-8-19)11-18(3)4/h9,14,17H,5-8,10-12H2,1-4H3. The normalized spacial score (nSPS) is 18.1. The van der Waals surface area contributed by atoms with E-state index in [1.54, 1.807) is 0 Å². The van der Waals surface area contributed by atoms with Gasteiger partial charge in [-0.25, -0.2) is 0 Å². The maximum atomic E-state index is 3.24. The molecule has 0 saturated carbocycles. The van der Waals surface area contributed by atoms with E-state index in [2.05, 4.69) is 42.2 Å². The van der Waals surface area contributed by atoms with Gasteiger partial charge >= 0.3 is 0 Å². The van der Waals surface area contributed by atoms with Crippen LogP contribution in [0.2, 0.25) is 0 Å². The fraction of sp³-hybridized carbons (Fsp3) is 0.750. The molecule has 0 atom stereocenters. The zero-order valence-corrected chi connectivity index (χ0v) is 14.2. The fourth-order valence-electron chi connectivity index (χ4n) is 3.09. The van der Waals surface area contributed by atoms with Crippen molar-refractivity contribution in [2.75, 3.05) is 40.8 Å². The summed E-state index contributed by atoms with van der Waals surface area (Å²) >= 11 is 1.94. The molecule has 0 radical (unpaired) electrons. The summed E-state index contributed by atoms with van der Waals surface area (Å²) in [6.07, 6.45) is 2.70. The van der Waals surface area contributed by atoms with Gasteiger partial charge in [-0.2, -0.15) is 0 Å². The van der Waals surface area contributed by atoms with Crippen LogP contribution in [0, 0.1) is 12.8 Å². The van der Waals surface area contributed by atoms with Crippen LogP contribution in [0.5, 0.6) is 0 Å². The lowest BCUT2D eigenvalue weighted by atomic mass is 9.96. The van der Waals surface area contributed by atoms with Gasteiger partial charge in [0.25, 0.3) is 0 Å². The van der Waals surface area contributed by atoms with Gasteiger partial charge in [-0.1, -0.05) is 0 Å². The van der Waals surface area contributed by atoms with Crippen molar-refractivity contribution in [3.8, 4) is 0 Å². The summed E-state index contributed by atoms with van der Waals surface area (Å²) in [7, 11) is 6.39. The summed E-state index contributed by atoms with van der Waals surface area (Å²) in [5, 5.41) is 3.24. The third-order valence-electron chi connectivity index (χ3n) is 4.15. The summed E-state index contributed by atoms with van der Waals surface area (Å²) in [6.45, 7) is 8.16. The van der Waals surface area contributed by atoms with E-state index in [-0.39, 0.29) is 0 Å². The molecular weight excluding hydrogens is 266 g/mol. The van der Waals surface area contributed by atoms with Crippen LogP contribution in [0.3, 0.4) is 0 Å². The van der Waals surface area contributed by atoms with Crippen LogP contribution in [0.4, 0.5) is 0 Å². The molecule has 3 nitrogen and oxygen atoms in total. The molecule has 20 heavy (non-hydrogen) atoms. The van der Waals surface area contributed by atoms with Gasteiger partial charge in [0.15, 0.2) is 0 Å². The largest absolute Gasteiger partial charge is 0.315 e. The number of hydrogen-bond acceptors (Lipinski definition) is 4. The Morgan fingerprint density at radius 1 is 1.35 bits per heavy atom. The number of hydrogen-bond donors (Lipinski definition) is 1. The number of piperidine rings is 1. The molecule has 0 unspecified atom stereocenters. The quantitative estimate of drug-likeness (QED) is 0.870. The van der Waals surface area contributed by atoms with Gasteiger partial charge in [0.2, 0.25) is 0 Å². The molecule has 1 saturated heterocycles. The molecule has 0 amide bonds. The minimum Gasteiger partial charge on any atom is -0.315 e. The van der Waals surface area contributed by atoms with Crippen molar-refractivity contribution in [2.45, 2.75) is 32.9 Å². The van der Waals surface area contributed by atoms with Crippen molar-refractivity contribution in [2.24, 2.45) is 5.92 Å². The van der Waals surface area contributed by atoms with E-state index in [4.69, 9.17) is 0 Å². The first-order chi connectivity index (χ1) is 9.58. The average molecular weight is 295 g/mol. The Morgan fingerprint density at radius 2 is 2.05 bits per heavy atom. The molecule has 0 aromatic carbocycles. The molecular formula is C16H29N3S. The maximum Gasteiger partial charge on any atom is 0.0296 e. The first-order valence-corrected chi connectivity index (χ1v) is 8.50. The van der Waals surface area contributed by atoms with Crippen molar-refractivity contribution in [1.82, 2.24) is 15.1 Å². The first-order valence-electron chi connectivity index (χ1n) is 7.68. The average Bonchev–Trinajstić information content (AvgIpc) is 2.72. The van der Waals surface area contributed by atoms with Crippen LogP contribution in [-0.2, 0) is 13.1 Å². The number of nitrogens with one attached hydrogen (secondary N) is 1. The second kappa shape index (κ2) is 7.55. The van der Waals surface area contributed by atoms with E-state index in [9.17, 15) is 0 Å². The van der Waals surface area contributed by atoms with Crippen molar-refractivity contribution in [1.29, 1.82) is 0 Å². The van der Waals surface area contributed by atoms with Gasteiger partial charge in [0, 0.05) is 29.4 Å². The highest BCUT2D eigenvalue weighted by Crippen LogP contribution is 2.25. The lowest BCUT2D eigenvalue weighted by Crippen LogP contribution is -2.36. The lowest BCUT2D eigenvalue weighted by Gasteiger charge is -2.33. The smallest absolute Gasteiger partial charge is 0.0296 e. The van der Waals surface area contributed by atoms with Crippen molar-refractivity contribution in [3.05, 3.63) is 21.4 Å². The van der Waals surface area contributed by atoms with Crippen LogP contribution in [-0.4, -0.2) is 50.6 Å². The predicted molar refractivity (Wildman–Crippen MR) is 88.4 cm³/mol. The minimum atomic E-state index is 0.893. The molecule has 2 heterocycles. The van der Waals surface area contributed by atoms with Gasteiger partial charge in [-0.15, -0.1) is 11.3 Å². The molecule has 1 fully saturated rings. The molecule has 0 spiro atoms. The zero-order chi connectivity index (χ0) is 14.5. The highest BCUT2D eigenvalue weighted by molar-refractivity contribution is 7.12.